The Morgan fingerprint density at radius 2 is 2.12 bits per heavy atom. The molecule has 0 fully saturated rings. The average Bonchev–Trinajstić information content (AvgIpc) is 2.18. The standard InChI is InChI=1S/C10H14N2O3S2/c1-2-15-9-4-3-8(17(12,13)14)5-7(9)6-10(11)16/h3-5H,2,6H2,1H3,(H2,11,16)(H2,12,13,14). The first kappa shape index (κ1) is 13.9. The van der Waals surface area contributed by atoms with Crippen molar-refractivity contribution in [1.82, 2.24) is 0 Å². The van der Waals surface area contributed by atoms with Gasteiger partial charge < -0.3 is 10.5 Å². The van der Waals surface area contributed by atoms with E-state index >= 15 is 0 Å². The maximum absolute atomic E-state index is 11.2. The van der Waals surface area contributed by atoms with E-state index in [1.165, 1.54) is 12.1 Å². The number of ether oxygens (including phenoxy) is 1. The summed E-state index contributed by atoms with van der Waals surface area (Å²) in [5, 5.41) is 5.05. The Kier molecular flexibility index (Phi) is 4.44. The Balaban J connectivity index is 3.23. The number of rotatable bonds is 5. The quantitative estimate of drug-likeness (QED) is 0.765. The van der Waals surface area contributed by atoms with E-state index in [4.69, 9.17) is 27.8 Å². The molecule has 17 heavy (non-hydrogen) atoms. The molecule has 0 amide bonds. The molecular formula is C10H14N2O3S2. The minimum Gasteiger partial charge on any atom is -0.494 e. The summed E-state index contributed by atoms with van der Waals surface area (Å²) in [4.78, 5) is 0.282. The largest absolute Gasteiger partial charge is 0.494 e. The van der Waals surface area contributed by atoms with Crippen LogP contribution < -0.4 is 15.6 Å². The van der Waals surface area contributed by atoms with Gasteiger partial charge in [-0.3, -0.25) is 0 Å². The lowest BCUT2D eigenvalue weighted by Crippen LogP contribution is -2.15. The number of primary sulfonamides is 1. The lowest BCUT2D eigenvalue weighted by atomic mass is 10.1. The molecule has 0 unspecified atom stereocenters. The van der Waals surface area contributed by atoms with Crippen LogP contribution >= 0.6 is 12.2 Å². The van der Waals surface area contributed by atoms with Gasteiger partial charge in [-0.1, -0.05) is 12.2 Å². The second-order valence-corrected chi connectivity index (χ2v) is 5.48. The van der Waals surface area contributed by atoms with Crippen molar-refractivity contribution < 1.29 is 13.2 Å². The van der Waals surface area contributed by atoms with Crippen molar-refractivity contribution in [2.75, 3.05) is 6.61 Å². The average molecular weight is 274 g/mol. The number of benzene rings is 1. The Morgan fingerprint density at radius 3 is 2.59 bits per heavy atom. The van der Waals surface area contributed by atoms with Gasteiger partial charge in [-0.25, -0.2) is 13.6 Å². The van der Waals surface area contributed by atoms with Gasteiger partial charge in [-0.2, -0.15) is 0 Å². The molecule has 0 spiro atoms. The second kappa shape index (κ2) is 5.44. The third-order valence-corrected chi connectivity index (χ3v) is 3.08. The number of thiocarbonyl (C=S) groups is 1. The van der Waals surface area contributed by atoms with E-state index in [0.717, 1.165) is 0 Å². The van der Waals surface area contributed by atoms with Crippen LogP contribution in [0.5, 0.6) is 5.75 Å². The Labute approximate surface area is 106 Å². The van der Waals surface area contributed by atoms with E-state index < -0.39 is 10.0 Å². The molecule has 0 atom stereocenters. The monoisotopic (exact) mass is 274 g/mol. The third kappa shape index (κ3) is 3.95. The highest BCUT2D eigenvalue weighted by atomic mass is 32.2. The van der Waals surface area contributed by atoms with E-state index in [9.17, 15) is 8.42 Å². The van der Waals surface area contributed by atoms with Crippen molar-refractivity contribution in [3.63, 3.8) is 0 Å². The van der Waals surface area contributed by atoms with E-state index in [-0.39, 0.29) is 16.3 Å². The molecule has 0 heterocycles. The van der Waals surface area contributed by atoms with Crippen LogP contribution in [0.15, 0.2) is 23.1 Å². The van der Waals surface area contributed by atoms with Gasteiger partial charge in [0.05, 0.1) is 16.5 Å². The molecule has 0 aliphatic rings. The molecule has 0 saturated carbocycles. The van der Waals surface area contributed by atoms with Crippen molar-refractivity contribution >= 4 is 27.2 Å². The van der Waals surface area contributed by atoms with E-state index in [1.807, 2.05) is 6.92 Å². The highest BCUT2D eigenvalue weighted by Crippen LogP contribution is 2.22. The van der Waals surface area contributed by atoms with Gasteiger partial charge in [-0.15, -0.1) is 0 Å². The van der Waals surface area contributed by atoms with Crippen LogP contribution in [0.4, 0.5) is 0 Å². The molecule has 0 saturated heterocycles. The molecule has 1 aromatic carbocycles. The van der Waals surface area contributed by atoms with Crippen molar-refractivity contribution in [3.05, 3.63) is 23.8 Å². The predicted octanol–water partition coefficient (Wildman–Crippen LogP) is 0.561. The SMILES string of the molecule is CCOc1ccc(S(N)(=O)=O)cc1CC(N)=S. The summed E-state index contributed by atoms with van der Waals surface area (Å²) >= 11 is 4.80. The first-order valence-corrected chi connectivity index (χ1v) is 6.87. The first-order valence-electron chi connectivity index (χ1n) is 4.91. The topological polar surface area (TPSA) is 95.4 Å². The number of sulfonamides is 1. The highest BCUT2D eigenvalue weighted by Gasteiger charge is 2.12. The molecule has 0 radical (unpaired) electrons. The van der Waals surface area contributed by atoms with Crippen LogP contribution in [0.3, 0.4) is 0 Å². The smallest absolute Gasteiger partial charge is 0.238 e. The number of hydrogen-bond donors (Lipinski definition) is 2. The summed E-state index contributed by atoms with van der Waals surface area (Å²) in [5.41, 5.74) is 6.06. The van der Waals surface area contributed by atoms with Crippen LogP contribution in [0.25, 0.3) is 0 Å². The second-order valence-electron chi connectivity index (χ2n) is 3.39. The predicted molar refractivity (Wildman–Crippen MR) is 69.5 cm³/mol. The number of hydrogen-bond acceptors (Lipinski definition) is 4. The van der Waals surface area contributed by atoms with Gasteiger partial charge in [-0.05, 0) is 25.1 Å². The number of nitrogens with two attached hydrogens (primary N) is 2. The van der Waals surface area contributed by atoms with Crippen LogP contribution in [0.2, 0.25) is 0 Å². The van der Waals surface area contributed by atoms with Gasteiger partial charge in [0.25, 0.3) is 0 Å². The van der Waals surface area contributed by atoms with Crippen molar-refractivity contribution in [1.29, 1.82) is 0 Å². The van der Waals surface area contributed by atoms with E-state index in [0.29, 0.717) is 17.9 Å². The van der Waals surface area contributed by atoms with Crippen LogP contribution in [0.1, 0.15) is 12.5 Å². The molecule has 0 aliphatic heterocycles. The van der Waals surface area contributed by atoms with Crippen molar-refractivity contribution in [3.8, 4) is 5.75 Å². The molecule has 7 heteroatoms. The Bertz CT molecular complexity index is 526. The molecule has 4 N–H and O–H groups in total. The fourth-order valence-electron chi connectivity index (χ4n) is 1.35. The van der Waals surface area contributed by atoms with Crippen LogP contribution in [-0.4, -0.2) is 20.0 Å². The maximum atomic E-state index is 11.2. The zero-order valence-corrected chi connectivity index (χ0v) is 11.0. The summed E-state index contributed by atoms with van der Waals surface area (Å²) in [6.45, 7) is 2.30. The molecule has 0 bridgehead atoms. The molecule has 0 aromatic heterocycles. The van der Waals surface area contributed by atoms with Gasteiger partial charge >= 0.3 is 0 Å². The van der Waals surface area contributed by atoms with Gasteiger partial charge in [0.2, 0.25) is 10.0 Å². The molecule has 94 valence electrons. The first-order chi connectivity index (χ1) is 7.84. The minimum absolute atomic E-state index is 0.0206. The summed E-state index contributed by atoms with van der Waals surface area (Å²) in [6, 6.07) is 4.37. The van der Waals surface area contributed by atoms with Gasteiger partial charge in [0, 0.05) is 12.0 Å². The van der Waals surface area contributed by atoms with Gasteiger partial charge in [0.15, 0.2) is 0 Å². The summed E-state index contributed by atoms with van der Waals surface area (Å²) in [6.07, 6.45) is 0.272. The molecule has 5 nitrogen and oxygen atoms in total. The Morgan fingerprint density at radius 1 is 1.47 bits per heavy atom. The zero-order chi connectivity index (χ0) is 13.1. The highest BCUT2D eigenvalue weighted by molar-refractivity contribution is 7.89. The fraction of sp³-hybridized carbons (Fsp3) is 0.300. The van der Waals surface area contributed by atoms with E-state index in [1.54, 1.807) is 6.07 Å². The molecule has 1 rings (SSSR count). The van der Waals surface area contributed by atoms with Crippen molar-refractivity contribution in [2.24, 2.45) is 10.9 Å². The summed E-state index contributed by atoms with van der Waals surface area (Å²) < 4.78 is 27.8. The molecule has 1 aromatic rings. The van der Waals surface area contributed by atoms with Gasteiger partial charge in [0.1, 0.15) is 5.75 Å². The van der Waals surface area contributed by atoms with Crippen molar-refractivity contribution in [2.45, 2.75) is 18.2 Å². The lowest BCUT2D eigenvalue weighted by molar-refractivity contribution is 0.337. The zero-order valence-electron chi connectivity index (χ0n) is 9.34. The van der Waals surface area contributed by atoms with E-state index in [2.05, 4.69) is 0 Å². The summed E-state index contributed by atoms with van der Waals surface area (Å²) in [7, 11) is -3.73. The molecular weight excluding hydrogens is 260 g/mol. The van der Waals surface area contributed by atoms with Crippen LogP contribution in [-0.2, 0) is 16.4 Å². The fourth-order valence-corrected chi connectivity index (χ4v) is 2.07. The minimum atomic E-state index is -3.73. The molecule has 0 aliphatic carbocycles. The lowest BCUT2D eigenvalue weighted by Gasteiger charge is -2.11. The third-order valence-electron chi connectivity index (χ3n) is 2.03. The maximum Gasteiger partial charge on any atom is 0.238 e. The Hall–Kier alpha value is -1.18. The van der Waals surface area contributed by atoms with Crippen LogP contribution in [0, 0.1) is 0 Å². The normalized spacial score (nSPS) is 11.2. The summed E-state index contributed by atoms with van der Waals surface area (Å²) in [5.74, 6) is 0.563.